The van der Waals surface area contributed by atoms with Gasteiger partial charge in [0.25, 0.3) is 0 Å². The molecule has 2 amide bonds. The fraction of sp³-hybridized carbons (Fsp3) is 0.588. The highest BCUT2D eigenvalue weighted by atomic mass is 19.3. The summed E-state index contributed by atoms with van der Waals surface area (Å²) in [6.07, 6.45) is -2.24. The lowest BCUT2D eigenvalue weighted by molar-refractivity contribution is -0.0121. The minimum absolute atomic E-state index is 0.146. The van der Waals surface area contributed by atoms with Crippen LogP contribution in [0.4, 0.5) is 13.6 Å². The Labute approximate surface area is 146 Å². The minimum Gasteiger partial charge on any atom is -0.493 e. The molecule has 1 aliphatic rings. The molecule has 0 radical (unpaired) electrons. The summed E-state index contributed by atoms with van der Waals surface area (Å²) in [6.45, 7) is 1.23. The zero-order chi connectivity index (χ0) is 18.2. The summed E-state index contributed by atoms with van der Waals surface area (Å²) in [5, 5.41) is 2.78. The third-order valence-electron chi connectivity index (χ3n) is 4.08. The van der Waals surface area contributed by atoms with Crippen LogP contribution in [0.5, 0.6) is 11.5 Å². The Morgan fingerprint density at radius 3 is 2.80 bits per heavy atom. The van der Waals surface area contributed by atoms with Crippen molar-refractivity contribution in [3.63, 3.8) is 0 Å². The van der Waals surface area contributed by atoms with E-state index in [0.717, 1.165) is 5.56 Å². The van der Waals surface area contributed by atoms with Crippen molar-refractivity contribution in [2.75, 3.05) is 40.5 Å². The van der Waals surface area contributed by atoms with E-state index in [1.54, 1.807) is 20.3 Å². The topological polar surface area (TPSA) is 60.0 Å². The van der Waals surface area contributed by atoms with Crippen molar-refractivity contribution in [3.05, 3.63) is 23.8 Å². The van der Waals surface area contributed by atoms with Crippen LogP contribution >= 0.6 is 0 Å². The van der Waals surface area contributed by atoms with E-state index in [1.165, 1.54) is 4.90 Å². The quantitative estimate of drug-likeness (QED) is 0.813. The normalized spacial score (nSPS) is 17.5. The number of carbonyl (C=O) groups excluding carboxylic acids is 1. The van der Waals surface area contributed by atoms with E-state index < -0.39 is 12.5 Å². The molecule has 1 N–H and O–H groups in total. The Bertz CT molecular complexity index is 572. The van der Waals surface area contributed by atoms with Crippen LogP contribution in [0.25, 0.3) is 0 Å². The number of morpholine rings is 1. The van der Waals surface area contributed by atoms with Crippen LogP contribution in [0.15, 0.2) is 18.2 Å². The number of halogens is 2. The fourth-order valence-electron chi connectivity index (χ4n) is 2.77. The lowest BCUT2D eigenvalue weighted by Gasteiger charge is -2.35. The first-order valence-corrected chi connectivity index (χ1v) is 8.16. The Hall–Kier alpha value is -2.09. The van der Waals surface area contributed by atoms with Crippen molar-refractivity contribution >= 4 is 6.03 Å². The molecule has 1 unspecified atom stereocenters. The Kier molecular flexibility index (Phi) is 7.24. The number of alkyl halides is 2. The number of ether oxygens (including phenoxy) is 3. The van der Waals surface area contributed by atoms with E-state index in [9.17, 15) is 13.6 Å². The van der Waals surface area contributed by atoms with Crippen LogP contribution in [0, 0.1) is 0 Å². The number of urea groups is 1. The summed E-state index contributed by atoms with van der Waals surface area (Å²) in [7, 11) is 3.13. The molecule has 8 heteroatoms. The molecular formula is C17H24F2N2O4. The van der Waals surface area contributed by atoms with E-state index in [4.69, 9.17) is 14.2 Å². The van der Waals surface area contributed by atoms with Crippen molar-refractivity contribution in [2.24, 2.45) is 0 Å². The molecule has 1 aliphatic heterocycles. The van der Waals surface area contributed by atoms with Gasteiger partial charge in [-0.25, -0.2) is 13.6 Å². The van der Waals surface area contributed by atoms with Crippen molar-refractivity contribution in [3.8, 4) is 11.5 Å². The fourth-order valence-corrected chi connectivity index (χ4v) is 2.77. The molecule has 25 heavy (non-hydrogen) atoms. The molecule has 140 valence electrons. The van der Waals surface area contributed by atoms with E-state index in [1.807, 2.05) is 12.1 Å². The van der Waals surface area contributed by atoms with Gasteiger partial charge in [-0.05, 0) is 24.1 Å². The molecule has 1 saturated heterocycles. The SMILES string of the molecule is COc1ccc(CCNC(=O)N2CCOCC2CC(F)F)cc1OC. The van der Waals surface area contributed by atoms with Gasteiger partial charge in [0.15, 0.2) is 11.5 Å². The standard InChI is InChI=1S/C17H24F2N2O4/c1-23-14-4-3-12(9-15(14)24-2)5-6-20-17(22)21-7-8-25-11-13(21)10-16(18)19/h3-4,9,13,16H,5-8,10-11H2,1-2H3,(H,20,22). The van der Waals surface area contributed by atoms with Gasteiger partial charge in [-0.15, -0.1) is 0 Å². The molecule has 0 spiro atoms. The maximum atomic E-state index is 12.6. The number of rotatable bonds is 7. The van der Waals surface area contributed by atoms with Gasteiger partial charge in [0.05, 0.1) is 33.5 Å². The van der Waals surface area contributed by atoms with Gasteiger partial charge in [0, 0.05) is 19.5 Å². The predicted octanol–water partition coefficient (Wildman–Crippen LogP) is 2.31. The second kappa shape index (κ2) is 9.41. The van der Waals surface area contributed by atoms with Gasteiger partial charge in [0.2, 0.25) is 6.43 Å². The third kappa shape index (κ3) is 5.45. The van der Waals surface area contributed by atoms with E-state index in [0.29, 0.717) is 37.6 Å². The number of amides is 2. The molecule has 0 bridgehead atoms. The molecule has 6 nitrogen and oxygen atoms in total. The summed E-state index contributed by atoms with van der Waals surface area (Å²) in [5.74, 6) is 1.26. The molecule has 1 aromatic carbocycles. The van der Waals surface area contributed by atoms with Gasteiger partial charge in [-0.3, -0.25) is 0 Å². The average Bonchev–Trinajstić information content (AvgIpc) is 2.61. The lowest BCUT2D eigenvalue weighted by atomic mass is 10.1. The average molecular weight is 358 g/mol. The van der Waals surface area contributed by atoms with E-state index in [-0.39, 0.29) is 19.1 Å². The molecule has 1 heterocycles. The Morgan fingerprint density at radius 2 is 2.12 bits per heavy atom. The van der Waals surface area contributed by atoms with Gasteiger partial charge >= 0.3 is 6.03 Å². The van der Waals surface area contributed by atoms with Gasteiger partial charge in [-0.2, -0.15) is 0 Å². The van der Waals surface area contributed by atoms with Crippen molar-refractivity contribution in [1.82, 2.24) is 10.2 Å². The van der Waals surface area contributed by atoms with E-state index in [2.05, 4.69) is 5.32 Å². The number of benzene rings is 1. The number of carbonyl (C=O) groups is 1. The first kappa shape index (κ1) is 19.2. The number of methoxy groups -OCH3 is 2. The van der Waals surface area contributed by atoms with E-state index >= 15 is 0 Å². The predicted molar refractivity (Wildman–Crippen MR) is 88.6 cm³/mol. The summed E-state index contributed by atoms with van der Waals surface area (Å²) in [4.78, 5) is 13.7. The summed E-state index contributed by atoms with van der Waals surface area (Å²) in [5.41, 5.74) is 0.976. The smallest absolute Gasteiger partial charge is 0.317 e. The van der Waals surface area contributed by atoms with Crippen LogP contribution in [-0.4, -0.2) is 63.9 Å². The van der Waals surface area contributed by atoms with Crippen molar-refractivity contribution < 1.29 is 27.8 Å². The highest BCUT2D eigenvalue weighted by molar-refractivity contribution is 5.74. The molecular weight excluding hydrogens is 334 g/mol. The van der Waals surface area contributed by atoms with Crippen LogP contribution < -0.4 is 14.8 Å². The largest absolute Gasteiger partial charge is 0.493 e. The van der Waals surface area contributed by atoms with Gasteiger partial charge < -0.3 is 24.4 Å². The number of hydrogen-bond donors (Lipinski definition) is 1. The maximum absolute atomic E-state index is 12.6. The minimum atomic E-state index is -2.46. The number of hydrogen-bond acceptors (Lipinski definition) is 4. The number of nitrogens with one attached hydrogen (secondary N) is 1. The van der Waals surface area contributed by atoms with Crippen LogP contribution in [0.2, 0.25) is 0 Å². The Balaban J connectivity index is 1.86. The second-order valence-electron chi connectivity index (χ2n) is 5.72. The Morgan fingerprint density at radius 1 is 1.36 bits per heavy atom. The highest BCUT2D eigenvalue weighted by Crippen LogP contribution is 2.27. The lowest BCUT2D eigenvalue weighted by Crippen LogP contribution is -2.53. The second-order valence-corrected chi connectivity index (χ2v) is 5.72. The molecule has 2 rings (SSSR count). The molecule has 0 saturated carbocycles. The summed E-state index contributed by atoms with van der Waals surface area (Å²) >= 11 is 0. The zero-order valence-corrected chi connectivity index (χ0v) is 14.5. The summed E-state index contributed by atoms with van der Waals surface area (Å²) in [6, 6.07) is 4.61. The monoisotopic (exact) mass is 358 g/mol. The van der Waals surface area contributed by atoms with Crippen molar-refractivity contribution in [2.45, 2.75) is 25.3 Å². The van der Waals surface area contributed by atoms with Crippen molar-refractivity contribution in [1.29, 1.82) is 0 Å². The van der Waals surface area contributed by atoms with Crippen LogP contribution in [0.1, 0.15) is 12.0 Å². The molecule has 1 aromatic rings. The first-order chi connectivity index (χ1) is 12.0. The zero-order valence-electron chi connectivity index (χ0n) is 14.5. The molecule has 1 atom stereocenters. The summed E-state index contributed by atoms with van der Waals surface area (Å²) < 4.78 is 40.9. The molecule has 1 fully saturated rings. The first-order valence-electron chi connectivity index (χ1n) is 8.16. The van der Waals surface area contributed by atoms with Crippen LogP contribution in [0.3, 0.4) is 0 Å². The third-order valence-corrected chi connectivity index (χ3v) is 4.08. The van der Waals surface area contributed by atoms with Crippen LogP contribution in [-0.2, 0) is 11.2 Å². The molecule has 0 aromatic heterocycles. The highest BCUT2D eigenvalue weighted by Gasteiger charge is 2.29. The van der Waals surface area contributed by atoms with Gasteiger partial charge in [-0.1, -0.05) is 6.07 Å². The van der Waals surface area contributed by atoms with Gasteiger partial charge in [0.1, 0.15) is 0 Å². The number of nitrogens with zero attached hydrogens (tertiary/aromatic N) is 1. The molecule has 0 aliphatic carbocycles. The maximum Gasteiger partial charge on any atom is 0.317 e.